The van der Waals surface area contributed by atoms with E-state index in [9.17, 15) is 9.59 Å². The number of carbonyl (C=O) groups is 2. The largest absolute Gasteiger partial charge is 0.497 e. The van der Waals surface area contributed by atoms with Crippen molar-refractivity contribution in [1.82, 2.24) is 4.90 Å². The number of hydrogen-bond acceptors (Lipinski definition) is 5. The molecule has 1 aromatic carbocycles. The highest BCUT2D eigenvalue weighted by molar-refractivity contribution is 5.79. The molecular formula is C21H33NO5. The minimum atomic E-state index is -0.279. The van der Waals surface area contributed by atoms with Crippen LogP contribution in [0.3, 0.4) is 0 Å². The zero-order valence-electron chi connectivity index (χ0n) is 16.9. The van der Waals surface area contributed by atoms with Gasteiger partial charge >= 0.3 is 5.97 Å². The number of carbonyl (C=O) groups excluding carboxylic acids is 2. The Hall–Kier alpha value is -2.08. The average molecular weight is 379 g/mol. The first-order valence-electron chi connectivity index (χ1n) is 9.74. The van der Waals surface area contributed by atoms with E-state index in [-0.39, 0.29) is 18.3 Å². The maximum atomic E-state index is 12.7. The highest BCUT2D eigenvalue weighted by atomic mass is 16.5. The van der Waals surface area contributed by atoms with Gasteiger partial charge in [-0.05, 0) is 37.5 Å². The van der Waals surface area contributed by atoms with E-state index in [1.54, 1.807) is 18.9 Å². The van der Waals surface area contributed by atoms with E-state index in [0.29, 0.717) is 32.7 Å². The zero-order valence-corrected chi connectivity index (χ0v) is 16.9. The summed E-state index contributed by atoms with van der Waals surface area (Å²) in [4.78, 5) is 26.1. The molecule has 1 aromatic rings. The maximum absolute atomic E-state index is 12.7. The number of methoxy groups -OCH3 is 1. The minimum Gasteiger partial charge on any atom is -0.497 e. The molecule has 6 heteroatoms. The van der Waals surface area contributed by atoms with Crippen LogP contribution in [0.25, 0.3) is 0 Å². The molecule has 0 bridgehead atoms. The molecule has 0 heterocycles. The number of ether oxygens (including phenoxy) is 3. The number of nitrogens with zero attached hydrogens (tertiary/aromatic N) is 1. The average Bonchev–Trinajstić information content (AvgIpc) is 2.67. The van der Waals surface area contributed by atoms with Gasteiger partial charge in [-0.15, -0.1) is 0 Å². The van der Waals surface area contributed by atoms with Gasteiger partial charge in [-0.1, -0.05) is 25.5 Å². The molecule has 0 unspecified atom stereocenters. The predicted molar refractivity (Wildman–Crippen MR) is 105 cm³/mol. The Morgan fingerprint density at radius 3 is 2.33 bits per heavy atom. The van der Waals surface area contributed by atoms with E-state index in [1.807, 2.05) is 24.3 Å². The van der Waals surface area contributed by atoms with Gasteiger partial charge in [-0.25, -0.2) is 0 Å². The first-order chi connectivity index (χ1) is 13.1. The van der Waals surface area contributed by atoms with Crippen molar-refractivity contribution in [2.24, 2.45) is 0 Å². The summed E-state index contributed by atoms with van der Waals surface area (Å²) in [5, 5.41) is 0. The van der Waals surface area contributed by atoms with Crippen LogP contribution in [0.5, 0.6) is 5.75 Å². The van der Waals surface area contributed by atoms with Crippen LogP contribution >= 0.6 is 0 Å². The number of esters is 1. The molecule has 152 valence electrons. The van der Waals surface area contributed by atoms with Crippen molar-refractivity contribution in [2.45, 2.75) is 46.0 Å². The van der Waals surface area contributed by atoms with Crippen LogP contribution in [0, 0.1) is 0 Å². The number of amides is 1. The lowest BCUT2D eigenvalue weighted by atomic mass is 10.1. The summed E-state index contributed by atoms with van der Waals surface area (Å²) in [6, 6.07) is 7.45. The molecule has 1 rings (SSSR count). The van der Waals surface area contributed by atoms with Gasteiger partial charge in [0, 0.05) is 26.3 Å². The van der Waals surface area contributed by atoms with Crippen LogP contribution in [-0.4, -0.2) is 56.8 Å². The summed E-state index contributed by atoms with van der Waals surface area (Å²) in [6.07, 6.45) is 3.40. The van der Waals surface area contributed by atoms with Crippen LogP contribution in [-0.2, 0) is 25.5 Å². The molecule has 27 heavy (non-hydrogen) atoms. The molecule has 0 aliphatic heterocycles. The quantitative estimate of drug-likeness (QED) is 0.367. The van der Waals surface area contributed by atoms with E-state index in [1.165, 1.54) is 0 Å². The monoisotopic (exact) mass is 379 g/mol. The van der Waals surface area contributed by atoms with E-state index in [0.717, 1.165) is 37.2 Å². The molecule has 0 N–H and O–H groups in total. The molecule has 6 nitrogen and oxygen atoms in total. The van der Waals surface area contributed by atoms with Gasteiger partial charge in [0.15, 0.2) is 0 Å². The van der Waals surface area contributed by atoms with Gasteiger partial charge in [-0.2, -0.15) is 0 Å². The number of rotatable bonds is 14. The van der Waals surface area contributed by atoms with Crippen molar-refractivity contribution in [2.75, 3.05) is 40.0 Å². The maximum Gasteiger partial charge on any atom is 0.307 e. The van der Waals surface area contributed by atoms with Gasteiger partial charge in [0.1, 0.15) is 5.75 Å². The second kappa shape index (κ2) is 14.0. The predicted octanol–water partition coefficient (Wildman–Crippen LogP) is 3.23. The third kappa shape index (κ3) is 9.99. The summed E-state index contributed by atoms with van der Waals surface area (Å²) in [7, 11) is 1.61. The Morgan fingerprint density at radius 2 is 1.70 bits per heavy atom. The molecule has 0 aromatic heterocycles. The molecule has 0 aliphatic rings. The van der Waals surface area contributed by atoms with Crippen molar-refractivity contribution >= 4 is 11.9 Å². The minimum absolute atomic E-state index is 0.00183. The smallest absolute Gasteiger partial charge is 0.307 e. The molecule has 0 atom stereocenters. The van der Waals surface area contributed by atoms with Crippen LogP contribution in [0.2, 0.25) is 0 Å². The van der Waals surface area contributed by atoms with Crippen LogP contribution < -0.4 is 4.74 Å². The molecule has 0 saturated carbocycles. The molecule has 0 radical (unpaired) electrons. The fourth-order valence-electron chi connectivity index (χ4n) is 2.56. The van der Waals surface area contributed by atoms with Gasteiger partial charge < -0.3 is 19.1 Å². The van der Waals surface area contributed by atoms with E-state index in [4.69, 9.17) is 14.2 Å². The fourth-order valence-corrected chi connectivity index (χ4v) is 2.56. The van der Waals surface area contributed by atoms with Crippen LogP contribution in [0.1, 0.15) is 45.1 Å². The third-order valence-electron chi connectivity index (χ3n) is 4.12. The van der Waals surface area contributed by atoms with Crippen molar-refractivity contribution < 1.29 is 23.8 Å². The summed E-state index contributed by atoms with van der Waals surface area (Å²) in [5.41, 5.74) is 0.918. The lowest BCUT2D eigenvalue weighted by Crippen LogP contribution is -2.35. The van der Waals surface area contributed by atoms with Crippen LogP contribution in [0.4, 0.5) is 0 Å². The normalized spacial score (nSPS) is 10.5. The Bertz CT molecular complexity index is 544. The van der Waals surface area contributed by atoms with Crippen molar-refractivity contribution in [3.05, 3.63) is 29.8 Å². The SMILES string of the molecule is CCCCOCCCN(CCC(=O)OCC)C(=O)Cc1ccc(OC)cc1. The molecular weight excluding hydrogens is 346 g/mol. The Labute approximate surface area is 162 Å². The summed E-state index contributed by atoms with van der Waals surface area (Å²) < 4.78 is 15.7. The highest BCUT2D eigenvalue weighted by Crippen LogP contribution is 2.13. The van der Waals surface area contributed by atoms with Crippen LogP contribution in [0.15, 0.2) is 24.3 Å². The number of hydrogen-bond donors (Lipinski definition) is 0. The highest BCUT2D eigenvalue weighted by Gasteiger charge is 2.16. The van der Waals surface area contributed by atoms with E-state index in [2.05, 4.69) is 6.92 Å². The number of benzene rings is 1. The molecule has 0 aliphatic carbocycles. The Morgan fingerprint density at radius 1 is 1.00 bits per heavy atom. The summed E-state index contributed by atoms with van der Waals surface area (Å²) in [5.74, 6) is 0.478. The van der Waals surface area contributed by atoms with Crippen molar-refractivity contribution in [3.8, 4) is 5.75 Å². The Kier molecular flexibility index (Phi) is 11.9. The molecule has 0 saturated heterocycles. The van der Waals surface area contributed by atoms with E-state index < -0.39 is 0 Å². The second-order valence-corrected chi connectivity index (χ2v) is 6.28. The first kappa shape index (κ1) is 23.0. The van der Waals surface area contributed by atoms with Crippen molar-refractivity contribution in [3.63, 3.8) is 0 Å². The first-order valence-corrected chi connectivity index (χ1v) is 9.74. The van der Waals surface area contributed by atoms with Gasteiger partial charge in [-0.3, -0.25) is 9.59 Å². The fraction of sp³-hybridized carbons (Fsp3) is 0.619. The lowest BCUT2D eigenvalue weighted by molar-refractivity contribution is -0.144. The van der Waals surface area contributed by atoms with Gasteiger partial charge in [0.2, 0.25) is 5.91 Å². The molecule has 0 fully saturated rings. The third-order valence-corrected chi connectivity index (χ3v) is 4.12. The topological polar surface area (TPSA) is 65.1 Å². The van der Waals surface area contributed by atoms with Gasteiger partial charge in [0.25, 0.3) is 0 Å². The zero-order chi connectivity index (χ0) is 19.9. The Balaban J connectivity index is 2.55. The van der Waals surface area contributed by atoms with Gasteiger partial charge in [0.05, 0.1) is 26.6 Å². The summed E-state index contributed by atoms with van der Waals surface area (Å²) >= 11 is 0. The number of unbranched alkanes of at least 4 members (excludes halogenated alkanes) is 1. The van der Waals surface area contributed by atoms with Crippen molar-refractivity contribution in [1.29, 1.82) is 0 Å². The second-order valence-electron chi connectivity index (χ2n) is 6.28. The lowest BCUT2D eigenvalue weighted by Gasteiger charge is -2.22. The molecule has 1 amide bonds. The van der Waals surface area contributed by atoms with E-state index >= 15 is 0 Å². The summed E-state index contributed by atoms with van der Waals surface area (Å²) in [6.45, 7) is 6.55. The molecule has 0 spiro atoms. The standard InChI is InChI=1S/C21H33NO5/c1-4-6-15-26-16-7-13-22(14-12-21(24)27-5-2)20(23)17-18-8-10-19(25-3)11-9-18/h8-11H,4-7,12-17H2,1-3H3.